The number of nitrogens with zero attached hydrogens (tertiary/aromatic N) is 6. The van der Waals surface area contributed by atoms with Crippen LogP contribution in [0.3, 0.4) is 0 Å². The number of likely N-dealkylation sites (tertiary alicyclic amines) is 1. The van der Waals surface area contributed by atoms with Gasteiger partial charge in [0.15, 0.2) is 11.6 Å². The van der Waals surface area contributed by atoms with Crippen molar-refractivity contribution in [3.05, 3.63) is 58.9 Å². The van der Waals surface area contributed by atoms with Gasteiger partial charge in [-0.15, -0.1) is 0 Å². The lowest BCUT2D eigenvalue weighted by Gasteiger charge is -2.35. The molecule has 5 rings (SSSR count). The minimum absolute atomic E-state index is 0.144. The standard InChI is InChI=1S/C23H25ClFN7O/c1-13(2)32-21(24)18-6-16(4-5-20(18)29-32)27-23-26-7-19(25)22(28-23)31-8-14(3)15(10-31)9-30-11-17(33)12-30/h4-8,10,13,17,33H,9,11-12H2,1-3H3,(H,26,27,28). The summed E-state index contributed by atoms with van der Waals surface area (Å²) in [6, 6.07) is 5.77. The monoisotopic (exact) mass is 469 g/mol. The summed E-state index contributed by atoms with van der Waals surface area (Å²) in [5.74, 6) is -0.0766. The Balaban J connectivity index is 1.41. The van der Waals surface area contributed by atoms with Crippen LogP contribution in [0.1, 0.15) is 31.0 Å². The maximum absolute atomic E-state index is 14.6. The number of benzene rings is 1. The Hall–Kier alpha value is -3.01. The molecule has 1 aliphatic heterocycles. The molecule has 0 atom stereocenters. The molecule has 2 N–H and O–H groups in total. The summed E-state index contributed by atoms with van der Waals surface area (Å²) < 4.78 is 18.1. The van der Waals surface area contributed by atoms with Gasteiger partial charge < -0.3 is 15.0 Å². The van der Waals surface area contributed by atoms with Crippen LogP contribution in [0.4, 0.5) is 16.0 Å². The Morgan fingerprint density at radius 3 is 2.79 bits per heavy atom. The van der Waals surface area contributed by atoms with E-state index in [1.165, 1.54) is 0 Å². The summed E-state index contributed by atoms with van der Waals surface area (Å²) in [4.78, 5) is 10.7. The van der Waals surface area contributed by atoms with E-state index in [9.17, 15) is 9.50 Å². The van der Waals surface area contributed by atoms with E-state index in [1.807, 2.05) is 51.4 Å². The fourth-order valence-electron chi connectivity index (χ4n) is 4.02. The third-order valence-electron chi connectivity index (χ3n) is 5.82. The fourth-order valence-corrected chi connectivity index (χ4v) is 4.40. The van der Waals surface area contributed by atoms with Crippen molar-refractivity contribution in [2.45, 2.75) is 39.5 Å². The van der Waals surface area contributed by atoms with Crippen molar-refractivity contribution < 1.29 is 9.50 Å². The number of rotatable bonds is 6. The zero-order chi connectivity index (χ0) is 23.3. The van der Waals surface area contributed by atoms with Gasteiger partial charge in [-0.05, 0) is 50.1 Å². The van der Waals surface area contributed by atoms with Gasteiger partial charge in [-0.3, -0.25) is 9.58 Å². The number of aliphatic hydroxyl groups is 1. The summed E-state index contributed by atoms with van der Waals surface area (Å²) in [5, 5.41) is 18.6. The quantitative estimate of drug-likeness (QED) is 0.440. The molecule has 0 unspecified atom stereocenters. The van der Waals surface area contributed by atoms with Crippen LogP contribution in [-0.2, 0) is 6.54 Å². The number of aromatic nitrogens is 5. The number of anilines is 2. The van der Waals surface area contributed by atoms with Gasteiger partial charge in [-0.25, -0.2) is 9.37 Å². The van der Waals surface area contributed by atoms with Gasteiger partial charge in [0.2, 0.25) is 5.95 Å². The van der Waals surface area contributed by atoms with Crippen LogP contribution in [0.25, 0.3) is 16.7 Å². The largest absolute Gasteiger partial charge is 0.390 e. The lowest BCUT2D eigenvalue weighted by molar-refractivity contribution is -0.00295. The van der Waals surface area contributed by atoms with Crippen molar-refractivity contribution in [3.63, 3.8) is 0 Å². The van der Waals surface area contributed by atoms with E-state index in [4.69, 9.17) is 11.6 Å². The molecule has 1 saturated heterocycles. The van der Waals surface area contributed by atoms with Crippen LogP contribution in [0.15, 0.2) is 36.8 Å². The second-order valence-electron chi connectivity index (χ2n) is 8.77. The van der Waals surface area contributed by atoms with E-state index >= 15 is 0 Å². The van der Waals surface area contributed by atoms with E-state index in [-0.39, 0.29) is 23.9 Å². The molecule has 10 heteroatoms. The number of hydrogen-bond acceptors (Lipinski definition) is 6. The molecule has 4 aromatic rings. The van der Waals surface area contributed by atoms with Crippen LogP contribution in [-0.4, -0.2) is 53.5 Å². The first-order valence-electron chi connectivity index (χ1n) is 10.8. The van der Waals surface area contributed by atoms with Crippen LogP contribution < -0.4 is 5.32 Å². The SMILES string of the molecule is Cc1cn(-c2nc(Nc3ccc4nn(C(C)C)c(Cl)c4c3)ncc2F)cc1CN1CC(O)C1. The van der Waals surface area contributed by atoms with E-state index in [0.29, 0.717) is 24.8 Å². The molecule has 1 aromatic carbocycles. The molecule has 8 nitrogen and oxygen atoms in total. The topological polar surface area (TPSA) is 84.0 Å². The highest BCUT2D eigenvalue weighted by Crippen LogP contribution is 2.29. The first-order chi connectivity index (χ1) is 15.8. The summed E-state index contributed by atoms with van der Waals surface area (Å²) in [5.41, 5.74) is 3.62. The Morgan fingerprint density at radius 2 is 2.06 bits per heavy atom. The molecule has 0 amide bonds. The molecule has 33 heavy (non-hydrogen) atoms. The zero-order valence-electron chi connectivity index (χ0n) is 18.6. The third-order valence-corrected chi connectivity index (χ3v) is 6.19. The molecule has 0 bridgehead atoms. The highest BCUT2D eigenvalue weighted by atomic mass is 35.5. The molecule has 0 aliphatic carbocycles. The van der Waals surface area contributed by atoms with Crippen molar-refractivity contribution in [2.24, 2.45) is 0 Å². The summed E-state index contributed by atoms with van der Waals surface area (Å²) in [6.45, 7) is 8.04. The van der Waals surface area contributed by atoms with Crippen LogP contribution in [0.5, 0.6) is 0 Å². The average molecular weight is 470 g/mol. The van der Waals surface area contributed by atoms with Crippen LogP contribution in [0, 0.1) is 12.7 Å². The lowest BCUT2D eigenvalue weighted by atomic mass is 10.1. The number of β-amino-alcohol motifs (C(OH)–C–C–N with tert-alkyl or cyclic N) is 1. The highest BCUT2D eigenvalue weighted by molar-refractivity contribution is 6.34. The summed E-state index contributed by atoms with van der Waals surface area (Å²) in [6.07, 6.45) is 4.64. The van der Waals surface area contributed by atoms with Gasteiger partial charge in [0.25, 0.3) is 0 Å². The minimum atomic E-state index is -0.516. The smallest absolute Gasteiger partial charge is 0.229 e. The number of fused-ring (bicyclic) bond motifs is 1. The van der Waals surface area contributed by atoms with Gasteiger partial charge in [0.1, 0.15) is 5.15 Å². The molecule has 3 aromatic heterocycles. The van der Waals surface area contributed by atoms with Crippen molar-refractivity contribution in [1.29, 1.82) is 0 Å². The van der Waals surface area contributed by atoms with Gasteiger partial charge >= 0.3 is 0 Å². The van der Waals surface area contributed by atoms with Crippen molar-refractivity contribution in [3.8, 4) is 5.82 Å². The molecule has 0 saturated carbocycles. The predicted molar refractivity (Wildman–Crippen MR) is 126 cm³/mol. The van der Waals surface area contributed by atoms with Crippen LogP contribution >= 0.6 is 11.6 Å². The van der Waals surface area contributed by atoms with Crippen LogP contribution in [0.2, 0.25) is 5.15 Å². The fraction of sp³-hybridized carbons (Fsp3) is 0.348. The molecular weight excluding hydrogens is 445 g/mol. The Morgan fingerprint density at radius 1 is 1.27 bits per heavy atom. The van der Waals surface area contributed by atoms with Gasteiger partial charge in [-0.1, -0.05) is 11.6 Å². The summed E-state index contributed by atoms with van der Waals surface area (Å²) in [7, 11) is 0. The molecule has 0 radical (unpaired) electrons. The average Bonchev–Trinajstić information content (AvgIpc) is 3.28. The number of nitrogens with one attached hydrogen (secondary N) is 1. The Labute approximate surface area is 195 Å². The Bertz CT molecular complexity index is 1330. The first kappa shape index (κ1) is 21.8. The van der Waals surface area contributed by atoms with Crippen molar-refractivity contribution in [2.75, 3.05) is 18.4 Å². The second kappa shape index (κ2) is 8.40. The summed E-state index contributed by atoms with van der Waals surface area (Å²) >= 11 is 6.50. The maximum Gasteiger partial charge on any atom is 0.229 e. The molecule has 0 spiro atoms. The number of hydrogen-bond donors (Lipinski definition) is 2. The van der Waals surface area contributed by atoms with E-state index < -0.39 is 5.82 Å². The first-order valence-corrected chi connectivity index (χ1v) is 11.2. The number of aliphatic hydroxyl groups excluding tert-OH is 1. The molecular formula is C23H25ClFN7O. The van der Waals surface area contributed by atoms with Crippen molar-refractivity contribution >= 4 is 34.1 Å². The normalized spacial score (nSPS) is 14.9. The third kappa shape index (κ3) is 4.19. The molecule has 1 aliphatic rings. The lowest BCUT2D eigenvalue weighted by Crippen LogP contribution is -2.49. The number of aryl methyl sites for hydroxylation is 1. The maximum atomic E-state index is 14.6. The highest BCUT2D eigenvalue weighted by Gasteiger charge is 2.25. The number of halogens is 2. The van der Waals surface area contributed by atoms with E-state index in [0.717, 1.165) is 33.9 Å². The van der Waals surface area contributed by atoms with E-state index in [1.54, 1.807) is 9.25 Å². The van der Waals surface area contributed by atoms with Gasteiger partial charge in [0, 0.05) is 49.1 Å². The minimum Gasteiger partial charge on any atom is -0.390 e. The molecule has 4 heterocycles. The molecule has 172 valence electrons. The van der Waals surface area contributed by atoms with Gasteiger partial charge in [-0.2, -0.15) is 10.1 Å². The second-order valence-corrected chi connectivity index (χ2v) is 9.13. The van der Waals surface area contributed by atoms with Crippen molar-refractivity contribution in [1.82, 2.24) is 29.2 Å². The Kier molecular flexibility index (Phi) is 5.55. The predicted octanol–water partition coefficient (Wildman–Crippen LogP) is 4.22. The van der Waals surface area contributed by atoms with Gasteiger partial charge in [0.05, 0.1) is 17.8 Å². The zero-order valence-corrected chi connectivity index (χ0v) is 19.4. The molecule has 1 fully saturated rings. The van der Waals surface area contributed by atoms with E-state index in [2.05, 4.69) is 25.3 Å².